The van der Waals surface area contributed by atoms with E-state index in [2.05, 4.69) is 16.0 Å². The van der Waals surface area contributed by atoms with Gasteiger partial charge < -0.3 is 25.6 Å². The third kappa shape index (κ3) is 9.02. The molecule has 0 radical (unpaired) electrons. The number of nitrogens with one attached hydrogen (secondary N) is 3. The topological polar surface area (TPSA) is 99.8 Å². The van der Waals surface area contributed by atoms with Gasteiger partial charge in [0.05, 0.1) is 5.92 Å². The van der Waals surface area contributed by atoms with Crippen molar-refractivity contribution in [2.45, 2.75) is 84.4 Å². The van der Waals surface area contributed by atoms with Crippen LogP contribution in [0.15, 0.2) is 30.3 Å². The largest absolute Gasteiger partial charge is 0.445 e. The maximum absolute atomic E-state index is 13.6. The molecule has 2 fully saturated rings. The molecule has 2 atom stereocenters. The van der Waals surface area contributed by atoms with E-state index in [0.717, 1.165) is 44.3 Å². The first-order valence-electron chi connectivity index (χ1n) is 13.9. The van der Waals surface area contributed by atoms with Crippen molar-refractivity contribution in [2.75, 3.05) is 26.7 Å². The summed E-state index contributed by atoms with van der Waals surface area (Å²) in [7, 11) is 1.85. The van der Waals surface area contributed by atoms with Gasteiger partial charge in [-0.1, -0.05) is 76.8 Å². The van der Waals surface area contributed by atoms with Crippen LogP contribution in [0.1, 0.15) is 71.3 Å². The number of carbonyl (C=O) groups excluding carboxylic acids is 3. The van der Waals surface area contributed by atoms with Crippen LogP contribution < -0.4 is 16.0 Å². The highest BCUT2D eigenvalue weighted by Crippen LogP contribution is 2.31. The van der Waals surface area contributed by atoms with Crippen LogP contribution in [0.5, 0.6) is 0 Å². The fraction of sp³-hybridized carbons (Fsp3) is 0.690. The molecule has 8 heteroatoms. The number of ether oxygens (including phenoxy) is 1. The number of carbonyl (C=O) groups is 3. The van der Waals surface area contributed by atoms with Gasteiger partial charge in [0.2, 0.25) is 11.8 Å². The quantitative estimate of drug-likeness (QED) is 0.440. The Morgan fingerprint density at radius 1 is 1.05 bits per heavy atom. The first-order valence-corrected chi connectivity index (χ1v) is 13.9. The van der Waals surface area contributed by atoms with Crippen LogP contribution in [0.25, 0.3) is 0 Å². The summed E-state index contributed by atoms with van der Waals surface area (Å²) < 4.78 is 5.35. The second-order valence-corrected chi connectivity index (χ2v) is 11.8. The number of amides is 3. The van der Waals surface area contributed by atoms with Gasteiger partial charge >= 0.3 is 6.09 Å². The lowest BCUT2D eigenvalue weighted by atomic mass is 9.84. The molecule has 1 saturated carbocycles. The van der Waals surface area contributed by atoms with Crippen LogP contribution in [0.4, 0.5) is 4.79 Å². The van der Waals surface area contributed by atoms with Crippen molar-refractivity contribution in [1.82, 2.24) is 20.9 Å². The number of rotatable bonds is 10. The van der Waals surface area contributed by atoms with Gasteiger partial charge in [-0.15, -0.1) is 0 Å². The number of hydrogen-bond acceptors (Lipinski definition) is 5. The predicted molar refractivity (Wildman–Crippen MR) is 145 cm³/mol. The standard InChI is InChI=1S/C29H46N4O4/c1-29(2,3)25(27(35)33(4)24-14-16-30-17-15-24)32-26(34)23(18-21-10-8-9-11-21)19-31-28(36)37-20-22-12-6-5-7-13-22/h5-7,12-13,21,23-25,30H,8-11,14-20H2,1-4H3,(H,31,36)(H,32,34). The van der Waals surface area contributed by atoms with Crippen molar-refractivity contribution in [3.05, 3.63) is 35.9 Å². The van der Waals surface area contributed by atoms with Gasteiger partial charge in [-0.25, -0.2) is 4.79 Å². The van der Waals surface area contributed by atoms with E-state index in [9.17, 15) is 14.4 Å². The minimum atomic E-state index is -0.643. The second kappa shape index (κ2) is 13.8. The molecule has 1 aliphatic heterocycles. The molecular formula is C29H46N4O4. The van der Waals surface area contributed by atoms with E-state index in [1.807, 2.05) is 63.1 Å². The highest BCUT2D eigenvalue weighted by molar-refractivity contribution is 5.89. The molecule has 3 N–H and O–H groups in total. The molecule has 3 rings (SSSR count). The van der Waals surface area contributed by atoms with Gasteiger partial charge in [-0.2, -0.15) is 0 Å². The maximum Gasteiger partial charge on any atom is 0.407 e. The third-order valence-electron chi connectivity index (χ3n) is 7.77. The van der Waals surface area contributed by atoms with E-state index in [1.54, 1.807) is 0 Å². The van der Waals surface area contributed by atoms with Crippen molar-refractivity contribution >= 4 is 17.9 Å². The Labute approximate surface area is 222 Å². The Morgan fingerprint density at radius 3 is 2.32 bits per heavy atom. The number of hydrogen-bond donors (Lipinski definition) is 3. The van der Waals surface area contributed by atoms with Crippen molar-refractivity contribution in [1.29, 1.82) is 0 Å². The van der Waals surface area contributed by atoms with Gasteiger partial charge in [0.1, 0.15) is 12.6 Å². The van der Waals surface area contributed by atoms with Gasteiger partial charge in [-0.3, -0.25) is 9.59 Å². The molecule has 1 heterocycles. The molecule has 206 valence electrons. The van der Waals surface area contributed by atoms with Crippen LogP contribution >= 0.6 is 0 Å². The zero-order chi connectivity index (χ0) is 26.8. The molecule has 3 amide bonds. The molecule has 1 aliphatic carbocycles. The number of alkyl carbamates (subject to hydrolysis) is 1. The fourth-order valence-corrected chi connectivity index (χ4v) is 5.40. The van der Waals surface area contributed by atoms with Crippen LogP contribution in [0.3, 0.4) is 0 Å². The number of benzene rings is 1. The fourth-order valence-electron chi connectivity index (χ4n) is 5.40. The van der Waals surface area contributed by atoms with E-state index >= 15 is 0 Å². The first-order chi connectivity index (χ1) is 17.6. The Kier molecular flexibility index (Phi) is 10.8. The van der Waals surface area contributed by atoms with Crippen LogP contribution in [0, 0.1) is 17.3 Å². The Hall–Kier alpha value is -2.61. The Bertz CT molecular complexity index is 874. The maximum atomic E-state index is 13.6. The van der Waals surface area contributed by atoms with E-state index in [-0.39, 0.29) is 31.0 Å². The van der Waals surface area contributed by atoms with E-state index in [4.69, 9.17) is 4.74 Å². The summed E-state index contributed by atoms with van der Waals surface area (Å²) in [6.07, 6.45) is 6.52. The molecule has 2 aliphatic rings. The summed E-state index contributed by atoms with van der Waals surface area (Å²) in [4.78, 5) is 41.4. The van der Waals surface area contributed by atoms with E-state index < -0.39 is 23.5 Å². The highest BCUT2D eigenvalue weighted by atomic mass is 16.5. The highest BCUT2D eigenvalue weighted by Gasteiger charge is 2.38. The van der Waals surface area contributed by atoms with E-state index in [1.165, 1.54) is 12.8 Å². The van der Waals surface area contributed by atoms with Gasteiger partial charge in [0.15, 0.2) is 0 Å². The lowest BCUT2D eigenvalue weighted by molar-refractivity contribution is -0.141. The second-order valence-electron chi connectivity index (χ2n) is 11.8. The molecule has 2 unspecified atom stereocenters. The van der Waals surface area contributed by atoms with Crippen LogP contribution in [-0.4, -0.2) is 61.6 Å². The number of nitrogens with zero attached hydrogens (tertiary/aromatic N) is 1. The average Bonchev–Trinajstić information content (AvgIpc) is 3.41. The lowest BCUT2D eigenvalue weighted by Crippen LogP contribution is -2.58. The van der Waals surface area contributed by atoms with Crippen molar-refractivity contribution in [2.24, 2.45) is 17.3 Å². The summed E-state index contributed by atoms with van der Waals surface area (Å²) in [5.74, 6) is -0.196. The van der Waals surface area contributed by atoms with Crippen molar-refractivity contribution in [3.63, 3.8) is 0 Å². The lowest BCUT2D eigenvalue weighted by Gasteiger charge is -2.38. The van der Waals surface area contributed by atoms with Crippen LogP contribution in [-0.2, 0) is 20.9 Å². The summed E-state index contributed by atoms with van der Waals surface area (Å²) in [5.41, 5.74) is 0.454. The molecule has 0 spiro atoms. The Balaban J connectivity index is 1.63. The molecular weight excluding hydrogens is 468 g/mol. The summed E-state index contributed by atoms with van der Waals surface area (Å²) in [6.45, 7) is 8.10. The smallest absolute Gasteiger partial charge is 0.407 e. The average molecular weight is 515 g/mol. The van der Waals surface area contributed by atoms with Crippen molar-refractivity contribution in [3.8, 4) is 0 Å². The first kappa shape index (κ1) is 29.0. The molecule has 1 aromatic carbocycles. The Morgan fingerprint density at radius 2 is 1.70 bits per heavy atom. The van der Waals surface area contributed by atoms with Gasteiger partial charge in [0.25, 0.3) is 0 Å². The van der Waals surface area contributed by atoms with Gasteiger partial charge in [-0.05, 0) is 49.2 Å². The minimum absolute atomic E-state index is 0.0532. The predicted octanol–water partition coefficient (Wildman–Crippen LogP) is 3.85. The molecule has 0 bridgehead atoms. The van der Waals surface area contributed by atoms with E-state index in [0.29, 0.717) is 12.3 Å². The molecule has 1 saturated heterocycles. The van der Waals surface area contributed by atoms with Crippen LogP contribution in [0.2, 0.25) is 0 Å². The van der Waals surface area contributed by atoms with Gasteiger partial charge in [0, 0.05) is 19.6 Å². The SMILES string of the molecule is CN(C(=O)C(NC(=O)C(CNC(=O)OCc1ccccc1)CC1CCCC1)C(C)(C)C)C1CCNCC1. The summed E-state index contributed by atoms with van der Waals surface area (Å²) in [5, 5.41) is 9.23. The molecule has 1 aromatic rings. The summed E-state index contributed by atoms with van der Waals surface area (Å²) >= 11 is 0. The third-order valence-corrected chi connectivity index (χ3v) is 7.77. The minimum Gasteiger partial charge on any atom is -0.445 e. The monoisotopic (exact) mass is 514 g/mol. The zero-order valence-corrected chi connectivity index (χ0v) is 23.1. The van der Waals surface area contributed by atoms with Crippen molar-refractivity contribution < 1.29 is 19.1 Å². The number of likely N-dealkylation sites (N-methyl/N-ethyl adjacent to an activating group) is 1. The normalized spacial score (nSPS) is 18.6. The number of piperidine rings is 1. The summed E-state index contributed by atoms with van der Waals surface area (Å²) in [6, 6.07) is 9.03. The zero-order valence-electron chi connectivity index (χ0n) is 23.1. The molecule has 0 aromatic heterocycles. The molecule has 8 nitrogen and oxygen atoms in total. The molecule has 37 heavy (non-hydrogen) atoms.